The smallest absolute Gasteiger partial charge is 0.309 e. The van der Waals surface area contributed by atoms with Crippen molar-refractivity contribution in [3.8, 4) is 0 Å². The SMILES string of the molecule is CCCC[C@@H]1OC(=O)C[C@@]23O[C@@]12CCCC3(C)C. The summed E-state index contributed by atoms with van der Waals surface area (Å²) in [6, 6.07) is 0. The summed E-state index contributed by atoms with van der Waals surface area (Å²) in [6.07, 6.45) is 7.08. The highest BCUT2D eigenvalue weighted by Gasteiger charge is 2.82. The zero-order valence-corrected chi connectivity index (χ0v) is 11.8. The number of cyclic esters (lactones) is 1. The summed E-state index contributed by atoms with van der Waals surface area (Å²) < 4.78 is 11.9. The second kappa shape index (κ2) is 3.72. The van der Waals surface area contributed by atoms with E-state index in [0.717, 1.165) is 32.1 Å². The molecule has 0 unspecified atom stereocenters. The number of hydrogen-bond donors (Lipinski definition) is 0. The fourth-order valence-corrected chi connectivity index (χ4v) is 4.34. The summed E-state index contributed by atoms with van der Waals surface area (Å²) in [7, 11) is 0. The van der Waals surface area contributed by atoms with Crippen LogP contribution in [-0.4, -0.2) is 23.3 Å². The van der Waals surface area contributed by atoms with Gasteiger partial charge in [-0.25, -0.2) is 0 Å². The van der Waals surface area contributed by atoms with E-state index >= 15 is 0 Å². The first-order valence-electron chi connectivity index (χ1n) is 7.37. The Morgan fingerprint density at radius 3 is 2.83 bits per heavy atom. The number of unbranched alkanes of at least 4 members (excludes halogenated alkanes) is 1. The highest BCUT2D eigenvalue weighted by atomic mass is 16.7. The predicted molar refractivity (Wildman–Crippen MR) is 68.2 cm³/mol. The third-order valence-electron chi connectivity index (χ3n) is 5.45. The Bertz CT molecular complexity index is 376. The number of esters is 1. The first-order valence-corrected chi connectivity index (χ1v) is 7.37. The van der Waals surface area contributed by atoms with Crippen molar-refractivity contribution >= 4 is 5.97 Å². The molecule has 3 aliphatic rings. The summed E-state index contributed by atoms with van der Waals surface area (Å²) in [5.41, 5.74) is -0.251. The van der Waals surface area contributed by atoms with Crippen molar-refractivity contribution in [1.29, 1.82) is 0 Å². The van der Waals surface area contributed by atoms with Crippen molar-refractivity contribution in [2.24, 2.45) is 5.41 Å². The molecule has 3 fully saturated rings. The molecule has 2 heterocycles. The minimum Gasteiger partial charge on any atom is -0.459 e. The van der Waals surface area contributed by atoms with E-state index in [0.29, 0.717) is 6.42 Å². The van der Waals surface area contributed by atoms with Crippen molar-refractivity contribution in [3.63, 3.8) is 0 Å². The van der Waals surface area contributed by atoms with Crippen LogP contribution in [0.15, 0.2) is 0 Å². The van der Waals surface area contributed by atoms with Gasteiger partial charge in [0, 0.05) is 0 Å². The number of carbonyl (C=O) groups is 1. The van der Waals surface area contributed by atoms with Crippen LogP contribution < -0.4 is 0 Å². The fraction of sp³-hybridized carbons (Fsp3) is 0.933. The van der Waals surface area contributed by atoms with Crippen molar-refractivity contribution < 1.29 is 14.3 Å². The van der Waals surface area contributed by atoms with Crippen LogP contribution in [0, 0.1) is 5.41 Å². The molecule has 0 radical (unpaired) electrons. The molecule has 18 heavy (non-hydrogen) atoms. The molecule has 2 saturated heterocycles. The van der Waals surface area contributed by atoms with E-state index in [9.17, 15) is 4.79 Å². The van der Waals surface area contributed by atoms with E-state index in [2.05, 4.69) is 20.8 Å². The molecule has 2 aliphatic heterocycles. The van der Waals surface area contributed by atoms with Gasteiger partial charge in [0.05, 0.1) is 6.42 Å². The summed E-state index contributed by atoms with van der Waals surface area (Å²) in [6.45, 7) is 6.68. The van der Waals surface area contributed by atoms with Gasteiger partial charge in [-0.1, -0.05) is 27.2 Å². The van der Waals surface area contributed by atoms with Gasteiger partial charge in [-0.3, -0.25) is 4.79 Å². The molecular weight excluding hydrogens is 228 g/mol. The first-order chi connectivity index (χ1) is 8.47. The normalized spacial score (nSPS) is 44.8. The topological polar surface area (TPSA) is 38.8 Å². The Morgan fingerprint density at radius 2 is 2.11 bits per heavy atom. The Hall–Kier alpha value is -0.570. The Balaban J connectivity index is 1.90. The maximum atomic E-state index is 11.9. The second-order valence-corrected chi connectivity index (χ2v) is 6.85. The molecule has 3 nitrogen and oxygen atoms in total. The summed E-state index contributed by atoms with van der Waals surface area (Å²) in [5.74, 6) is -0.0563. The van der Waals surface area contributed by atoms with Gasteiger partial charge in [-0.2, -0.15) is 0 Å². The minimum absolute atomic E-state index is 0.00160. The average molecular weight is 252 g/mol. The molecule has 1 aliphatic carbocycles. The van der Waals surface area contributed by atoms with E-state index in [1.807, 2.05) is 0 Å². The van der Waals surface area contributed by atoms with Gasteiger partial charge in [-0.15, -0.1) is 0 Å². The lowest BCUT2D eigenvalue weighted by atomic mass is 9.60. The molecule has 0 bridgehead atoms. The molecule has 3 rings (SSSR count). The Kier molecular flexibility index (Phi) is 2.58. The number of ether oxygens (including phenoxy) is 2. The van der Waals surface area contributed by atoms with E-state index in [1.165, 1.54) is 6.42 Å². The third kappa shape index (κ3) is 1.37. The van der Waals surface area contributed by atoms with Crippen molar-refractivity contribution in [2.75, 3.05) is 0 Å². The average Bonchev–Trinajstić information content (AvgIpc) is 2.97. The molecule has 0 spiro atoms. The number of carbonyl (C=O) groups excluding carboxylic acids is 1. The Morgan fingerprint density at radius 1 is 1.33 bits per heavy atom. The fourth-order valence-electron chi connectivity index (χ4n) is 4.34. The van der Waals surface area contributed by atoms with Crippen LogP contribution in [0.5, 0.6) is 0 Å². The lowest BCUT2D eigenvalue weighted by molar-refractivity contribution is -0.161. The number of epoxide rings is 1. The van der Waals surface area contributed by atoms with Crippen LogP contribution in [0.2, 0.25) is 0 Å². The number of hydrogen-bond acceptors (Lipinski definition) is 3. The molecule has 3 atom stereocenters. The minimum atomic E-state index is -0.216. The second-order valence-electron chi connectivity index (χ2n) is 6.85. The zero-order chi connectivity index (χ0) is 13.0. The maximum absolute atomic E-state index is 11.9. The van der Waals surface area contributed by atoms with E-state index in [4.69, 9.17) is 9.47 Å². The predicted octanol–water partition coefficient (Wildman–Crippen LogP) is 3.21. The van der Waals surface area contributed by atoms with Crippen molar-refractivity contribution in [1.82, 2.24) is 0 Å². The number of rotatable bonds is 3. The summed E-state index contributed by atoms with van der Waals surface area (Å²) in [4.78, 5) is 11.9. The third-order valence-corrected chi connectivity index (χ3v) is 5.45. The molecule has 1 saturated carbocycles. The van der Waals surface area contributed by atoms with Gasteiger partial charge < -0.3 is 9.47 Å². The van der Waals surface area contributed by atoms with Crippen LogP contribution in [0.25, 0.3) is 0 Å². The zero-order valence-electron chi connectivity index (χ0n) is 11.8. The highest BCUT2D eigenvalue weighted by Crippen LogP contribution is 2.70. The molecule has 0 N–H and O–H groups in total. The lowest BCUT2D eigenvalue weighted by Gasteiger charge is -2.43. The van der Waals surface area contributed by atoms with Gasteiger partial charge in [-0.05, 0) is 37.5 Å². The largest absolute Gasteiger partial charge is 0.459 e. The highest BCUT2D eigenvalue weighted by molar-refractivity contribution is 5.74. The van der Waals surface area contributed by atoms with Crippen LogP contribution >= 0.6 is 0 Å². The molecule has 0 aromatic rings. The summed E-state index contributed by atoms with van der Waals surface area (Å²) >= 11 is 0. The van der Waals surface area contributed by atoms with Crippen molar-refractivity contribution in [3.05, 3.63) is 0 Å². The van der Waals surface area contributed by atoms with Gasteiger partial charge in [0.15, 0.2) is 0 Å². The molecule has 0 amide bonds. The first kappa shape index (κ1) is 12.5. The van der Waals surface area contributed by atoms with Crippen LogP contribution in [0.4, 0.5) is 0 Å². The van der Waals surface area contributed by atoms with Crippen molar-refractivity contribution in [2.45, 2.75) is 83.0 Å². The standard InChI is InChI=1S/C15H24O3/c1-4-5-7-11-14-9-6-8-13(2,3)15(14,18-14)10-12(16)17-11/h11H,4-10H2,1-3H3/t11-,14-,15-/m0/s1. The van der Waals surface area contributed by atoms with Gasteiger partial charge in [0.25, 0.3) is 0 Å². The molecule has 102 valence electrons. The molecular formula is C15H24O3. The van der Waals surface area contributed by atoms with Gasteiger partial charge in [0.2, 0.25) is 0 Å². The molecule has 0 aromatic carbocycles. The van der Waals surface area contributed by atoms with E-state index in [1.54, 1.807) is 0 Å². The van der Waals surface area contributed by atoms with Gasteiger partial charge >= 0.3 is 5.97 Å². The molecule has 3 heteroatoms. The summed E-state index contributed by atoms with van der Waals surface area (Å²) in [5, 5.41) is 0. The Labute approximate surface area is 109 Å². The quantitative estimate of drug-likeness (QED) is 0.572. The monoisotopic (exact) mass is 252 g/mol. The van der Waals surface area contributed by atoms with Crippen LogP contribution in [0.1, 0.15) is 65.7 Å². The van der Waals surface area contributed by atoms with E-state index < -0.39 is 0 Å². The van der Waals surface area contributed by atoms with E-state index in [-0.39, 0.29) is 28.7 Å². The van der Waals surface area contributed by atoms with Gasteiger partial charge in [0.1, 0.15) is 17.3 Å². The van der Waals surface area contributed by atoms with Crippen LogP contribution in [0.3, 0.4) is 0 Å². The lowest BCUT2D eigenvalue weighted by Crippen LogP contribution is -2.54. The maximum Gasteiger partial charge on any atom is 0.309 e. The molecule has 0 aromatic heterocycles. The van der Waals surface area contributed by atoms with Crippen LogP contribution in [-0.2, 0) is 14.3 Å².